The normalized spacial score (nSPS) is 27.2. The lowest BCUT2D eigenvalue weighted by atomic mass is 9.83. The van der Waals surface area contributed by atoms with Crippen LogP contribution in [-0.2, 0) is 14.3 Å². The van der Waals surface area contributed by atoms with Crippen molar-refractivity contribution in [3.63, 3.8) is 0 Å². The fourth-order valence-corrected chi connectivity index (χ4v) is 4.43. The van der Waals surface area contributed by atoms with Gasteiger partial charge in [0.2, 0.25) is 11.8 Å². The van der Waals surface area contributed by atoms with Gasteiger partial charge < -0.3 is 19.9 Å². The van der Waals surface area contributed by atoms with Crippen LogP contribution in [0, 0.1) is 11.8 Å². The molecule has 3 aliphatic rings. The summed E-state index contributed by atoms with van der Waals surface area (Å²) >= 11 is 0. The molecule has 2 heterocycles. The molecule has 2 saturated heterocycles. The van der Waals surface area contributed by atoms with E-state index in [0.717, 1.165) is 25.7 Å². The Balaban J connectivity index is 1.65. The average Bonchev–Trinajstić information content (AvgIpc) is 3.44. The first-order valence-electron chi connectivity index (χ1n) is 9.85. The first kappa shape index (κ1) is 19.0. The number of rotatable bonds is 5. The molecule has 146 valence electrons. The number of fused-ring (bicyclic) bond motifs is 1. The number of nitrogens with one attached hydrogen (secondary N) is 1. The van der Waals surface area contributed by atoms with Crippen molar-refractivity contribution in [3.05, 3.63) is 0 Å². The van der Waals surface area contributed by atoms with Crippen LogP contribution in [0.5, 0.6) is 0 Å². The van der Waals surface area contributed by atoms with E-state index in [4.69, 9.17) is 0 Å². The maximum absolute atomic E-state index is 13.0. The molecule has 3 fully saturated rings. The molecule has 0 aromatic heterocycles. The monoisotopic (exact) mass is 365 g/mol. The first-order valence-corrected chi connectivity index (χ1v) is 9.85. The fraction of sp³-hybridized carbons (Fsp3) is 0.842. The number of hydrogen-bond acceptors (Lipinski definition) is 4. The summed E-state index contributed by atoms with van der Waals surface area (Å²) < 4.78 is 4.68. The van der Waals surface area contributed by atoms with E-state index in [2.05, 4.69) is 15.0 Å². The van der Waals surface area contributed by atoms with Crippen molar-refractivity contribution in [1.82, 2.24) is 15.1 Å². The SMILES string of the molecule is COC(=O)NC(CC(C)C)C(=O)N1CCC2C(CCC(=O)N2C2CC2)C1. The van der Waals surface area contributed by atoms with Gasteiger partial charge in [-0.05, 0) is 43.9 Å². The maximum atomic E-state index is 13.0. The third-order valence-electron chi connectivity index (χ3n) is 5.80. The van der Waals surface area contributed by atoms with Gasteiger partial charge in [-0.3, -0.25) is 9.59 Å². The largest absolute Gasteiger partial charge is 0.453 e. The van der Waals surface area contributed by atoms with E-state index in [9.17, 15) is 14.4 Å². The second-order valence-electron chi connectivity index (χ2n) is 8.29. The number of nitrogens with zero attached hydrogens (tertiary/aromatic N) is 2. The number of carbonyl (C=O) groups excluding carboxylic acids is 3. The Labute approximate surface area is 155 Å². The number of alkyl carbamates (subject to hydrolysis) is 1. The number of ether oxygens (including phenoxy) is 1. The van der Waals surface area contributed by atoms with Crippen molar-refractivity contribution in [2.75, 3.05) is 20.2 Å². The number of amides is 3. The van der Waals surface area contributed by atoms with Gasteiger partial charge in [0, 0.05) is 31.6 Å². The number of hydrogen-bond donors (Lipinski definition) is 1. The van der Waals surface area contributed by atoms with Gasteiger partial charge in [-0.1, -0.05) is 13.8 Å². The topological polar surface area (TPSA) is 79.0 Å². The van der Waals surface area contributed by atoms with Crippen LogP contribution in [0.1, 0.15) is 52.4 Å². The van der Waals surface area contributed by atoms with Crippen LogP contribution >= 0.6 is 0 Å². The Morgan fingerprint density at radius 1 is 1.23 bits per heavy atom. The quantitative estimate of drug-likeness (QED) is 0.805. The van der Waals surface area contributed by atoms with E-state index < -0.39 is 12.1 Å². The van der Waals surface area contributed by atoms with Gasteiger partial charge >= 0.3 is 6.09 Å². The van der Waals surface area contributed by atoms with Crippen molar-refractivity contribution in [2.24, 2.45) is 11.8 Å². The molecule has 3 rings (SSSR count). The lowest BCUT2D eigenvalue weighted by Gasteiger charge is -2.47. The minimum absolute atomic E-state index is 0.0302. The first-order chi connectivity index (χ1) is 12.4. The molecule has 7 nitrogen and oxygen atoms in total. The summed E-state index contributed by atoms with van der Waals surface area (Å²) in [5.74, 6) is 0.899. The summed E-state index contributed by atoms with van der Waals surface area (Å²) in [6, 6.07) is 0.168. The highest BCUT2D eigenvalue weighted by atomic mass is 16.5. The molecule has 1 N–H and O–H groups in total. The van der Waals surface area contributed by atoms with Gasteiger partial charge in [-0.25, -0.2) is 4.79 Å². The molecule has 0 radical (unpaired) electrons. The molecule has 3 atom stereocenters. The van der Waals surface area contributed by atoms with Crippen LogP contribution in [0.25, 0.3) is 0 Å². The Hall–Kier alpha value is -1.79. The summed E-state index contributed by atoms with van der Waals surface area (Å²) in [5.41, 5.74) is 0. The summed E-state index contributed by atoms with van der Waals surface area (Å²) in [4.78, 5) is 41.0. The zero-order valence-electron chi connectivity index (χ0n) is 16.1. The highest BCUT2D eigenvalue weighted by molar-refractivity contribution is 5.86. The minimum atomic E-state index is -0.568. The second-order valence-corrected chi connectivity index (χ2v) is 8.29. The Morgan fingerprint density at radius 3 is 2.58 bits per heavy atom. The smallest absolute Gasteiger partial charge is 0.407 e. The van der Waals surface area contributed by atoms with Gasteiger partial charge in [-0.2, -0.15) is 0 Å². The van der Waals surface area contributed by atoms with Crippen LogP contribution in [0.3, 0.4) is 0 Å². The van der Waals surface area contributed by atoms with Crippen LogP contribution in [0.2, 0.25) is 0 Å². The zero-order chi connectivity index (χ0) is 18.8. The lowest BCUT2D eigenvalue weighted by Crippen LogP contribution is -2.59. The van der Waals surface area contributed by atoms with E-state index in [1.807, 2.05) is 18.7 Å². The molecule has 0 aromatic rings. The number of piperidine rings is 2. The number of methoxy groups -OCH3 is 1. The zero-order valence-corrected chi connectivity index (χ0v) is 16.1. The van der Waals surface area contributed by atoms with Gasteiger partial charge in [0.15, 0.2) is 0 Å². The molecule has 2 aliphatic heterocycles. The Morgan fingerprint density at radius 2 is 1.96 bits per heavy atom. The number of likely N-dealkylation sites (tertiary alicyclic amines) is 2. The van der Waals surface area contributed by atoms with Gasteiger partial charge in [-0.15, -0.1) is 0 Å². The van der Waals surface area contributed by atoms with Crippen LogP contribution in [0.15, 0.2) is 0 Å². The van der Waals surface area contributed by atoms with Crippen molar-refractivity contribution in [2.45, 2.75) is 70.5 Å². The summed E-state index contributed by atoms with van der Waals surface area (Å²) in [5, 5.41) is 2.69. The van der Waals surface area contributed by atoms with E-state index in [0.29, 0.717) is 43.8 Å². The highest BCUT2D eigenvalue weighted by Gasteiger charge is 2.46. The Kier molecular flexibility index (Phi) is 5.73. The van der Waals surface area contributed by atoms with Gasteiger partial charge in [0.1, 0.15) is 6.04 Å². The van der Waals surface area contributed by atoms with Gasteiger partial charge in [0.25, 0.3) is 0 Å². The van der Waals surface area contributed by atoms with E-state index in [1.165, 1.54) is 7.11 Å². The molecule has 0 bridgehead atoms. The molecule has 7 heteroatoms. The van der Waals surface area contributed by atoms with E-state index in [-0.39, 0.29) is 17.9 Å². The molecular formula is C19H31N3O4. The molecule has 0 aromatic carbocycles. The fourth-order valence-electron chi connectivity index (χ4n) is 4.43. The van der Waals surface area contributed by atoms with Crippen molar-refractivity contribution in [1.29, 1.82) is 0 Å². The van der Waals surface area contributed by atoms with Crippen molar-refractivity contribution >= 4 is 17.9 Å². The summed E-state index contributed by atoms with van der Waals surface area (Å²) in [7, 11) is 1.31. The third kappa shape index (κ3) is 4.13. The minimum Gasteiger partial charge on any atom is -0.453 e. The lowest BCUT2D eigenvalue weighted by molar-refractivity contribution is -0.145. The second kappa shape index (κ2) is 7.84. The molecule has 0 spiro atoms. The average molecular weight is 365 g/mol. The standard InChI is InChI=1S/C19H31N3O4/c1-12(2)10-15(20-19(25)26-3)18(24)21-9-8-16-13(11-21)4-7-17(23)22(16)14-5-6-14/h12-16H,4-11H2,1-3H3,(H,20,25). The van der Waals surface area contributed by atoms with E-state index >= 15 is 0 Å². The van der Waals surface area contributed by atoms with E-state index in [1.54, 1.807) is 0 Å². The van der Waals surface area contributed by atoms with Crippen molar-refractivity contribution < 1.29 is 19.1 Å². The molecule has 26 heavy (non-hydrogen) atoms. The predicted octanol–water partition coefficient (Wildman–Crippen LogP) is 1.76. The van der Waals surface area contributed by atoms with Crippen LogP contribution in [0.4, 0.5) is 4.79 Å². The molecular weight excluding hydrogens is 334 g/mol. The molecule has 1 aliphatic carbocycles. The molecule has 1 saturated carbocycles. The van der Waals surface area contributed by atoms with Gasteiger partial charge in [0.05, 0.1) is 7.11 Å². The highest BCUT2D eigenvalue weighted by Crippen LogP contribution is 2.39. The van der Waals surface area contributed by atoms with Crippen molar-refractivity contribution in [3.8, 4) is 0 Å². The molecule has 3 unspecified atom stereocenters. The number of carbonyl (C=O) groups is 3. The Bertz CT molecular complexity index is 561. The van der Waals surface area contributed by atoms with Crippen LogP contribution in [-0.4, -0.2) is 66.0 Å². The van der Waals surface area contributed by atoms with Crippen LogP contribution < -0.4 is 5.32 Å². The predicted molar refractivity (Wildman–Crippen MR) is 96.4 cm³/mol. The summed E-state index contributed by atoms with van der Waals surface area (Å²) in [6.07, 6.45) is 4.55. The maximum Gasteiger partial charge on any atom is 0.407 e. The third-order valence-corrected chi connectivity index (χ3v) is 5.80. The molecule has 3 amide bonds. The summed E-state index contributed by atoms with van der Waals surface area (Å²) in [6.45, 7) is 5.39.